The van der Waals surface area contributed by atoms with Crippen LogP contribution in [0, 0.1) is 19.8 Å². The number of aryl methyl sites for hydroxylation is 2. The van der Waals surface area contributed by atoms with Crippen LogP contribution in [0.3, 0.4) is 0 Å². The van der Waals surface area contributed by atoms with E-state index in [1.807, 2.05) is 76.8 Å². The number of allylic oxidation sites excluding steroid dienone is 1. The van der Waals surface area contributed by atoms with Crippen molar-refractivity contribution in [2.75, 3.05) is 23.8 Å². The molecule has 0 fully saturated rings. The van der Waals surface area contributed by atoms with Gasteiger partial charge in [-0.1, -0.05) is 32.0 Å². The van der Waals surface area contributed by atoms with Crippen LogP contribution in [0.25, 0.3) is 0 Å². The standard InChI is InChI=1S/C27H34N4O3S/c1-7-31-19(6)23(25(32)34-15-16(2)3)24(30-27(31)35)20-9-12-21(13-10-20)28-26(33)29-22-11-8-17(4)18(5)14-22/h8-14,16,24H,7,15H2,1-6H3,(H,30,35)(H2,28,29,33). The molecule has 2 aromatic carbocycles. The van der Waals surface area contributed by atoms with E-state index >= 15 is 0 Å². The van der Waals surface area contributed by atoms with Crippen molar-refractivity contribution >= 4 is 40.7 Å². The molecule has 0 bridgehead atoms. The van der Waals surface area contributed by atoms with E-state index in [1.54, 1.807) is 12.1 Å². The molecule has 0 aromatic heterocycles. The SMILES string of the molecule is CCN1C(=S)NC(c2ccc(NC(=O)Nc3ccc(C)c(C)c3)cc2)C(C(=O)OCC(C)C)=C1C. The number of nitrogens with one attached hydrogen (secondary N) is 3. The second-order valence-electron chi connectivity index (χ2n) is 9.12. The molecule has 0 aliphatic carbocycles. The van der Waals surface area contributed by atoms with E-state index in [9.17, 15) is 9.59 Å². The number of amides is 2. The number of carbonyl (C=O) groups excluding carboxylic acids is 2. The summed E-state index contributed by atoms with van der Waals surface area (Å²) in [7, 11) is 0. The van der Waals surface area contributed by atoms with Gasteiger partial charge in [0.15, 0.2) is 5.11 Å². The Morgan fingerprint density at radius 1 is 1.03 bits per heavy atom. The van der Waals surface area contributed by atoms with Crippen LogP contribution in [0.4, 0.5) is 16.2 Å². The van der Waals surface area contributed by atoms with Crippen molar-refractivity contribution in [2.45, 2.75) is 47.6 Å². The predicted octanol–water partition coefficient (Wildman–Crippen LogP) is 5.67. The van der Waals surface area contributed by atoms with Crippen molar-refractivity contribution in [1.82, 2.24) is 10.2 Å². The van der Waals surface area contributed by atoms with Gasteiger partial charge in [0.05, 0.1) is 18.2 Å². The fourth-order valence-corrected chi connectivity index (χ4v) is 4.25. The first kappa shape index (κ1) is 26.2. The average Bonchev–Trinajstić information content (AvgIpc) is 2.80. The summed E-state index contributed by atoms with van der Waals surface area (Å²) in [4.78, 5) is 27.4. The van der Waals surface area contributed by atoms with Crippen LogP contribution < -0.4 is 16.0 Å². The molecule has 3 rings (SSSR count). The van der Waals surface area contributed by atoms with Crippen LogP contribution in [-0.2, 0) is 9.53 Å². The van der Waals surface area contributed by atoms with E-state index in [0.717, 1.165) is 22.5 Å². The molecule has 1 aliphatic heterocycles. The van der Waals surface area contributed by atoms with Crippen molar-refractivity contribution in [3.8, 4) is 0 Å². The van der Waals surface area contributed by atoms with Gasteiger partial charge >= 0.3 is 12.0 Å². The summed E-state index contributed by atoms with van der Waals surface area (Å²) < 4.78 is 5.57. The summed E-state index contributed by atoms with van der Waals surface area (Å²) in [5.74, 6) is -0.122. The number of hydrogen-bond donors (Lipinski definition) is 3. The Labute approximate surface area is 212 Å². The molecular formula is C27H34N4O3S. The van der Waals surface area contributed by atoms with Gasteiger partial charge < -0.3 is 25.6 Å². The van der Waals surface area contributed by atoms with Gasteiger partial charge in [-0.2, -0.15) is 0 Å². The molecule has 1 heterocycles. The topological polar surface area (TPSA) is 82.7 Å². The molecule has 0 spiro atoms. The fraction of sp³-hybridized carbons (Fsp3) is 0.370. The van der Waals surface area contributed by atoms with E-state index in [0.29, 0.717) is 29.5 Å². The Morgan fingerprint density at radius 2 is 1.66 bits per heavy atom. The molecule has 0 saturated heterocycles. The lowest BCUT2D eigenvalue weighted by atomic mass is 9.95. The van der Waals surface area contributed by atoms with Gasteiger partial charge in [0.25, 0.3) is 0 Å². The summed E-state index contributed by atoms with van der Waals surface area (Å²) in [5, 5.41) is 9.54. The zero-order valence-electron chi connectivity index (χ0n) is 21.2. The number of nitrogens with zero attached hydrogens (tertiary/aromatic N) is 1. The highest BCUT2D eigenvalue weighted by molar-refractivity contribution is 7.80. The zero-order valence-corrected chi connectivity index (χ0v) is 22.0. The molecule has 1 unspecified atom stereocenters. The zero-order chi connectivity index (χ0) is 25.7. The second-order valence-corrected chi connectivity index (χ2v) is 9.51. The van der Waals surface area contributed by atoms with Gasteiger partial charge in [-0.05, 0) is 86.8 Å². The van der Waals surface area contributed by atoms with Crippen molar-refractivity contribution < 1.29 is 14.3 Å². The van der Waals surface area contributed by atoms with Crippen molar-refractivity contribution in [2.24, 2.45) is 5.92 Å². The van der Waals surface area contributed by atoms with Gasteiger partial charge in [0.2, 0.25) is 0 Å². The third-order valence-electron chi connectivity index (χ3n) is 5.95. The molecule has 2 amide bonds. The summed E-state index contributed by atoms with van der Waals surface area (Å²) >= 11 is 5.55. The lowest BCUT2D eigenvalue weighted by molar-refractivity contribution is -0.140. The highest BCUT2D eigenvalue weighted by Gasteiger charge is 2.34. The maximum Gasteiger partial charge on any atom is 0.338 e. The van der Waals surface area contributed by atoms with Crippen molar-refractivity contribution in [3.05, 3.63) is 70.4 Å². The van der Waals surface area contributed by atoms with Crippen LogP contribution in [-0.4, -0.2) is 35.2 Å². The number of carbonyl (C=O) groups is 2. The number of hydrogen-bond acceptors (Lipinski definition) is 4. The van der Waals surface area contributed by atoms with E-state index in [-0.39, 0.29) is 17.9 Å². The lowest BCUT2D eigenvalue weighted by Crippen LogP contribution is -2.47. The molecule has 186 valence electrons. The number of ether oxygens (including phenoxy) is 1. The summed E-state index contributed by atoms with van der Waals surface area (Å²) in [6.07, 6.45) is 0. The Kier molecular flexibility index (Phi) is 8.51. The number of esters is 1. The van der Waals surface area contributed by atoms with Gasteiger partial charge in [-0.15, -0.1) is 0 Å². The molecule has 8 heteroatoms. The fourth-order valence-electron chi connectivity index (χ4n) is 3.87. The monoisotopic (exact) mass is 494 g/mol. The molecule has 2 aromatic rings. The molecule has 1 aliphatic rings. The van der Waals surface area contributed by atoms with Crippen molar-refractivity contribution in [1.29, 1.82) is 0 Å². The largest absolute Gasteiger partial charge is 0.462 e. The molecular weight excluding hydrogens is 460 g/mol. The summed E-state index contributed by atoms with van der Waals surface area (Å²) in [6, 6.07) is 12.4. The van der Waals surface area contributed by atoms with Crippen molar-refractivity contribution in [3.63, 3.8) is 0 Å². The maximum atomic E-state index is 13.0. The smallest absolute Gasteiger partial charge is 0.338 e. The van der Waals surface area contributed by atoms with Gasteiger partial charge in [0.1, 0.15) is 0 Å². The Morgan fingerprint density at radius 3 is 2.26 bits per heavy atom. The number of benzene rings is 2. The van der Waals surface area contributed by atoms with Gasteiger partial charge in [0, 0.05) is 23.6 Å². The first-order chi connectivity index (χ1) is 16.6. The van der Waals surface area contributed by atoms with E-state index in [2.05, 4.69) is 16.0 Å². The molecule has 1 atom stereocenters. The molecule has 0 saturated carbocycles. The first-order valence-electron chi connectivity index (χ1n) is 11.8. The van der Waals surface area contributed by atoms with Gasteiger partial charge in [-0.25, -0.2) is 9.59 Å². The first-order valence-corrected chi connectivity index (χ1v) is 12.2. The van der Waals surface area contributed by atoms with Crippen LogP contribution >= 0.6 is 12.2 Å². The quantitative estimate of drug-likeness (QED) is 0.340. The Balaban J connectivity index is 1.78. The molecule has 0 radical (unpaired) electrons. The highest BCUT2D eigenvalue weighted by Crippen LogP contribution is 2.32. The normalized spacial score (nSPS) is 15.7. The minimum atomic E-state index is -0.441. The average molecular weight is 495 g/mol. The van der Waals surface area contributed by atoms with E-state index in [4.69, 9.17) is 17.0 Å². The summed E-state index contributed by atoms with van der Waals surface area (Å²) in [6.45, 7) is 12.9. The molecule has 7 nitrogen and oxygen atoms in total. The minimum Gasteiger partial charge on any atom is -0.462 e. The third-order valence-corrected chi connectivity index (χ3v) is 6.29. The second kappa shape index (κ2) is 11.4. The Bertz CT molecular complexity index is 1140. The van der Waals surface area contributed by atoms with Crippen LogP contribution in [0.15, 0.2) is 53.7 Å². The number of urea groups is 1. The number of rotatable bonds is 7. The van der Waals surface area contributed by atoms with E-state index in [1.165, 1.54) is 5.56 Å². The highest BCUT2D eigenvalue weighted by atomic mass is 32.1. The van der Waals surface area contributed by atoms with E-state index < -0.39 is 6.04 Å². The lowest BCUT2D eigenvalue weighted by Gasteiger charge is -2.37. The van der Waals surface area contributed by atoms with Crippen LogP contribution in [0.2, 0.25) is 0 Å². The van der Waals surface area contributed by atoms with Gasteiger partial charge in [-0.3, -0.25) is 0 Å². The Hall–Kier alpha value is -3.39. The number of anilines is 2. The number of thiocarbonyl (C=S) groups is 1. The summed E-state index contributed by atoms with van der Waals surface area (Å²) in [5.41, 5.74) is 5.80. The molecule has 3 N–H and O–H groups in total. The third kappa shape index (κ3) is 6.39. The predicted molar refractivity (Wildman–Crippen MR) is 144 cm³/mol. The van der Waals surface area contributed by atoms with Crippen LogP contribution in [0.5, 0.6) is 0 Å². The minimum absolute atomic E-state index is 0.235. The maximum absolute atomic E-state index is 13.0. The van der Waals surface area contributed by atoms with Crippen LogP contribution in [0.1, 0.15) is 50.4 Å². The molecule has 35 heavy (non-hydrogen) atoms.